The van der Waals surface area contributed by atoms with Gasteiger partial charge in [0, 0.05) is 13.7 Å². The van der Waals surface area contributed by atoms with Gasteiger partial charge in [-0.15, -0.1) is 0 Å². The smallest absolute Gasteiger partial charge is 0.259 e. The summed E-state index contributed by atoms with van der Waals surface area (Å²) < 4.78 is 10.8. The average molecular weight is 399 g/mol. The van der Waals surface area contributed by atoms with Gasteiger partial charge in [-0.2, -0.15) is 0 Å². The molecular weight excluding hydrogens is 368 g/mol. The molecule has 2 N–H and O–H groups in total. The van der Waals surface area contributed by atoms with Gasteiger partial charge in [-0.25, -0.2) is 0 Å². The third kappa shape index (κ3) is 7.23. The third-order valence-electron chi connectivity index (χ3n) is 4.40. The molecule has 0 saturated carbocycles. The zero-order valence-electron chi connectivity index (χ0n) is 17.2. The van der Waals surface area contributed by atoms with Crippen LogP contribution in [0.2, 0.25) is 0 Å². The number of carbonyl (C=O) groups is 2. The van der Waals surface area contributed by atoms with Gasteiger partial charge in [0.1, 0.15) is 5.75 Å². The highest BCUT2D eigenvalue weighted by Crippen LogP contribution is 2.22. The van der Waals surface area contributed by atoms with Gasteiger partial charge in [0.2, 0.25) is 0 Å². The van der Waals surface area contributed by atoms with Gasteiger partial charge in [0.15, 0.2) is 0 Å². The predicted octanol–water partition coefficient (Wildman–Crippen LogP) is 4.27. The fraction of sp³-hybridized carbons (Fsp3) is 0.391. The van der Waals surface area contributed by atoms with E-state index in [9.17, 15) is 9.59 Å². The van der Waals surface area contributed by atoms with Crippen molar-refractivity contribution in [2.24, 2.45) is 0 Å². The van der Waals surface area contributed by atoms with E-state index in [1.54, 1.807) is 49.6 Å². The molecule has 0 atom stereocenters. The highest BCUT2D eigenvalue weighted by Gasteiger charge is 2.16. The van der Waals surface area contributed by atoms with Gasteiger partial charge in [0.05, 0.1) is 30.0 Å². The van der Waals surface area contributed by atoms with E-state index in [-0.39, 0.29) is 11.8 Å². The minimum absolute atomic E-state index is 0.265. The second kappa shape index (κ2) is 12.6. The van der Waals surface area contributed by atoms with Crippen LogP contribution in [-0.2, 0) is 4.74 Å². The number of nitrogens with one attached hydrogen (secondary N) is 2. The molecule has 0 saturated heterocycles. The SMILES string of the molecule is CCCCCCOc1ccccc1C(=O)Nc1ccccc1C(=O)NCCOC. The van der Waals surface area contributed by atoms with Crippen LogP contribution in [0.25, 0.3) is 0 Å². The van der Waals surface area contributed by atoms with Crippen molar-refractivity contribution in [3.63, 3.8) is 0 Å². The number of amides is 2. The standard InChI is InChI=1S/C23H30N2O4/c1-3-4-5-10-16-29-21-14-9-7-12-19(21)23(27)25-20-13-8-6-11-18(20)22(26)24-15-17-28-2/h6-9,11-14H,3-5,10,15-17H2,1-2H3,(H,24,26)(H,25,27). The predicted molar refractivity (Wildman–Crippen MR) is 115 cm³/mol. The Morgan fingerprint density at radius 1 is 0.862 bits per heavy atom. The van der Waals surface area contributed by atoms with Gasteiger partial charge >= 0.3 is 0 Å². The summed E-state index contributed by atoms with van der Waals surface area (Å²) in [6.07, 6.45) is 4.40. The number of methoxy groups -OCH3 is 1. The molecule has 0 fully saturated rings. The van der Waals surface area contributed by atoms with E-state index in [2.05, 4.69) is 17.6 Å². The quantitative estimate of drug-likeness (QED) is 0.524. The van der Waals surface area contributed by atoms with E-state index in [0.29, 0.717) is 42.3 Å². The van der Waals surface area contributed by atoms with Gasteiger partial charge < -0.3 is 20.1 Å². The first-order valence-electron chi connectivity index (χ1n) is 10.1. The van der Waals surface area contributed by atoms with Gasteiger partial charge in [-0.1, -0.05) is 50.5 Å². The van der Waals surface area contributed by atoms with Crippen molar-refractivity contribution in [2.75, 3.05) is 32.2 Å². The molecule has 29 heavy (non-hydrogen) atoms. The number of benzene rings is 2. The van der Waals surface area contributed by atoms with E-state index >= 15 is 0 Å². The fourth-order valence-electron chi connectivity index (χ4n) is 2.83. The summed E-state index contributed by atoms with van der Waals surface area (Å²) in [4.78, 5) is 25.3. The highest BCUT2D eigenvalue weighted by atomic mass is 16.5. The highest BCUT2D eigenvalue weighted by molar-refractivity contribution is 6.10. The Kier molecular flexibility index (Phi) is 9.72. The maximum absolute atomic E-state index is 12.9. The number of hydrogen-bond acceptors (Lipinski definition) is 4. The van der Waals surface area contributed by atoms with Crippen LogP contribution in [0, 0.1) is 0 Å². The summed E-state index contributed by atoms with van der Waals surface area (Å²) >= 11 is 0. The molecule has 0 unspecified atom stereocenters. The van der Waals surface area contributed by atoms with E-state index in [0.717, 1.165) is 19.3 Å². The Hall–Kier alpha value is -2.86. The van der Waals surface area contributed by atoms with Crippen LogP contribution in [0.5, 0.6) is 5.75 Å². The monoisotopic (exact) mass is 398 g/mol. The summed E-state index contributed by atoms with van der Waals surface area (Å²) in [6, 6.07) is 14.1. The molecule has 2 aromatic carbocycles. The molecule has 6 nitrogen and oxygen atoms in total. The van der Waals surface area contributed by atoms with E-state index in [4.69, 9.17) is 9.47 Å². The van der Waals surface area contributed by atoms with Crippen LogP contribution >= 0.6 is 0 Å². The lowest BCUT2D eigenvalue weighted by molar-refractivity contribution is 0.0938. The topological polar surface area (TPSA) is 76.7 Å². The Morgan fingerprint density at radius 3 is 2.34 bits per heavy atom. The largest absolute Gasteiger partial charge is 0.493 e. The summed E-state index contributed by atoms with van der Waals surface area (Å²) in [6.45, 7) is 3.55. The molecule has 2 aromatic rings. The molecule has 0 aliphatic rings. The first-order chi connectivity index (χ1) is 14.2. The third-order valence-corrected chi connectivity index (χ3v) is 4.40. The number of carbonyl (C=O) groups excluding carboxylic acids is 2. The first-order valence-corrected chi connectivity index (χ1v) is 10.1. The summed E-state index contributed by atoms with van der Waals surface area (Å²) in [5.41, 5.74) is 1.29. The molecule has 2 amide bonds. The lowest BCUT2D eigenvalue weighted by Gasteiger charge is -2.14. The molecule has 0 heterocycles. The molecule has 156 valence electrons. The molecule has 0 bridgehead atoms. The lowest BCUT2D eigenvalue weighted by Crippen LogP contribution is -2.28. The Morgan fingerprint density at radius 2 is 1.59 bits per heavy atom. The van der Waals surface area contributed by atoms with Gasteiger partial charge in [0.25, 0.3) is 11.8 Å². The molecule has 6 heteroatoms. The summed E-state index contributed by atoms with van der Waals surface area (Å²) in [5.74, 6) is -0.0340. The minimum atomic E-state index is -0.314. The second-order valence-electron chi connectivity index (χ2n) is 6.65. The second-order valence-corrected chi connectivity index (χ2v) is 6.65. The van der Waals surface area contributed by atoms with Crippen molar-refractivity contribution in [1.29, 1.82) is 0 Å². The van der Waals surface area contributed by atoms with E-state index in [1.165, 1.54) is 6.42 Å². The number of rotatable bonds is 12. The number of unbranched alkanes of at least 4 members (excludes halogenated alkanes) is 3. The van der Waals surface area contributed by atoms with Crippen molar-refractivity contribution in [2.45, 2.75) is 32.6 Å². The molecular formula is C23H30N2O4. The molecule has 0 radical (unpaired) electrons. The fourth-order valence-corrected chi connectivity index (χ4v) is 2.83. The van der Waals surface area contributed by atoms with Crippen LogP contribution in [0.3, 0.4) is 0 Å². The Bertz CT molecular complexity index is 792. The molecule has 0 aliphatic carbocycles. The van der Waals surface area contributed by atoms with E-state index < -0.39 is 0 Å². The van der Waals surface area contributed by atoms with Gasteiger partial charge in [-0.3, -0.25) is 9.59 Å². The normalized spacial score (nSPS) is 10.4. The zero-order valence-corrected chi connectivity index (χ0v) is 17.2. The summed E-state index contributed by atoms with van der Waals surface area (Å²) in [7, 11) is 1.57. The molecule has 0 aromatic heterocycles. The van der Waals surface area contributed by atoms with Crippen LogP contribution in [0.1, 0.15) is 53.3 Å². The van der Waals surface area contributed by atoms with Crippen molar-refractivity contribution in [3.8, 4) is 5.75 Å². The molecule has 0 spiro atoms. The van der Waals surface area contributed by atoms with Crippen LogP contribution in [-0.4, -0.2) is 38.7 Å². The van der Waals surface area contributed by atoms with Crippen LogP contribution in [0.4, 0.5) is 5.69 Å². The average Bonchev–Trinajstić information content (AvgIpc) is 2.74. The number of hydrogen-bond donors (Lipinski definition) is 2. The van der Waals surface area contributed by atoms with Crippen LogP contribution < -0.4 is 15.4 Å². The number of anilines is 1. The maximum atomic E-state index is 12.9. The van der Waals surface area contributed by atoms with Crippen LogP contribution in [0.15, 0.2) is 48.5 Å². The Labute approximate surface area is 172 Å². The van der Waals surface area contributed by atoms with Gasteiger partial charge in [-0.05, 0) is 30.7 Å². The van der Waals surface area contributed by atoms with Crippen molar-refractivity contribution < 1.29 is 19.1 Å². The van der Waals surface area contributed by atoms with Crippen molar-refractivity contribution >= 4 is 17.5 Å². The Balaban J connectivity index is 2.06. The lowest BCUT2D eigenvalue weighted by atomic mass is 10.1. The first kappa shape index (κ1) is 22.4. The number of ether oxygens (including phenoxy) is 2. The van der Waals surface area contributed by atoms with Crippen molar-refractivity contribution in [1.82, 2.24) is 5.32 Å². The van der Waals surface area contributed by atoms with E-state index in [1.807, 2.05) is 6.07 Å². The zero-order chi connectivity index (χ0) is 20.9. The number of para-hydroxylation sites is 2. The molecule has 0 aliphatic heterocycles. The maximum Gasteiger partial charge on any atom is 0.259 e. The summed E-state index contributed by atoms with van der Waals surface area (Å²) in [5, 5.41) is 5.61. The van der Waals surface area contributed by atoms with Crippen molar-refractivity contribution in [3.05, 3.63) is 59.7 Å². The minimum Gasteiger partial charge on any atom is -0.493 e. The molecule has 2 rings (SSSR count).